The third-order valence-corrected chi connectivity index (χ3v) is 2.69. The molecule has 0 amide bonds. The van der Waals surface area contributed by atoms with E-state index in [1.165, 1.54) is 0 Å². The molecular formula is C14H17NO2. The van der Waals surface area contributed by atoms with Crippen molar-refractivity contribution < 1.29 is 9.53 Å². The van der Waals surface area contributed by atoms with Gasteiger partial charge in [0.1, 0.15) is 0 Å². The molecule has 0 heterocycles. The van der Waals surface area contributed by atoms with E-state index in [0.717, 1.165) is 23.1 Å². The Morgan fingerprint density at radius 1 is 1.41 bits per heavy atom. The summed E-state index contributed by atoms with van der Waals surface area (Å²) in [6, 6.07) is 6.02. The zero-order valence-electron chi connectivity index (χ0n) is 10.5. The molecule has 0 saturated heterocycles. The second-order valence-corrected chi connectivity index (χ2v) is 3.89. The fourth-order valence-electron chi connectivity index (χ4n) is 1.79. The fourth-order valence-corrected chi connectivity index (χ4v) is 1.79. The molecule has 0 radical (unpaired) electrons. The molecule has 17 heavy (non-hydrogen) atoms. The number of esters is 1. The fraction of sp³-hybridized carbons (Fsp3) is 0.429. The molecule has 0 atom stereocenters. The van der Waals surface area contributed by atoms with Crippen molar-refractivity contribution in [2.24, 2.45) is 0 Å². The Balaban J connectivity index is 3.07. The summed E-state index contributed by atoms with van der Waals surface area (Å²) in [5.74, 6) is -0.281. The van der Waals surface area contributed by atoms with Crippen LogP contribution in [0.2, 0.25) is 0 Å². The van der Waals surface area contributed by atoms with Crippen LogP contribution in [0.3, 0.4) is 0 Å². The van der Waals surface area contributed by atoms with Crippen LogP contribution in [-0.2, 0) is 22.4 Å². The molecular weight excluding hydrogens is 214 g/mol. The van der Waals surface area contributed by atoms with Crippen molar-refractivity contribution in [2.75, 3.05) is 6.61 Å². The number of nitriles is 1. The summed E-state index contributed by atoms with van der Waals surface area (Å²) in [5.41, 5.74) is 3.46. The number of aryl methyl sites for hydroxylation is 2. The van der Waals surface area contributed by atoms with E-state index in [9.17, 15) is 4.79 Å². The molecule has 1 aromatic rings. The first kappa shape index (κ1) is 13.2. The number of carbonyl (C=O) groups excluding carboxylic acids is 1. The molecule has 3 nitrogen and oxygen atoms in total. The van der Waals surface area contributed by atoms with Crippen molar-refractivity contribution in [3.63, 3.8) is 0 Å². The van der Waals surface area contributed by atoms with Crippen LogP contribution in [0.4, 0.5) is 0 Å². The maximum Gasteiger partial charge on any atom is 0.310 e. The van der Waals surface area contributed by atoms with Crippen molar-refractivity contribution in [2.45, 2.75) is 33.6 Å². The second-order valence-electron chi connectivity index (χ2n) is 3.89. The SMILES string of the molecule is CCOC(=O)Cc1c(C)cc(CC)cc1C#N. The molecule has 3 heteroatoms. The molecule has 0 aromatic heterocycles. The van der Waals surface area contributed by atoms with Crippen LogP contribution in [-0.4, -0.2) is 12.6 Å². The number of rotatable bonds is 4. The first-order valence-corrected chi connectivity index (χ1v) is 5.80. The number of ether oxygens (including phenoxy) is 1. The van der Waals surface area contributed by atoms with Crippen molar-refractivity contribution in [3.05, 3.63) is 34.4 Å². The van der Waals surface area contributed by atoms with Crippen molar-refractivity contribution in [1.29, 1.82) is 5.26 Å². The van der Waals surface area contributed by atoms with Gasteiger partial charge in [0, 0.05) is 0 Å². The molecule has 1 aromatic carbocycles. The van der Waals surface area contributed by atoms with Crippen LogP contribution in [0.25, 0.3) is 0 Å². The van der Waals surface area contributed by atoms with E-state index in [-0.39, 0.29) is 12.4 Å². The predicted molar refractivity (Wildman–Crippen MR) is 65.6 cm³/mol. The van der Waals surface area contributed by atoms with Crippen molar-refractivity contribution >= 4 is 5.97 Å². The van der Waals surface area contributed by atoms with Gasteiger partial charge in [-0.05, 0) is 43.0 Å². The van der Waals surface area contributed by atoms with Gasteiger partial charge in [-0.1, -0.05) is 13.0 Å². The molecule has 1 rings (SSSR count). The minimum Gasteiger partial charge on any atom is -0.466 e. The Morgan fingerprint density at radius 3 is 2.65 bits per heavy atom. The highest BCUT2D eigenvalue weighted by molar-refractivity contribution is 5.74. The van der Waals surface area contributed by atoms with Gasteiger partial charge in [0.05, 0.1) is 24.7 Å². The topological polar surface area (TPSA) is 50.1 Å². The molecule has 0 aliphatic heterocycles. The average Bonchev–Trinajstić information content (AvgIpc) is 2.31. The molecule has 0 spiro atoms. The Bertz CT molecular complexity index is 458. The highest BCUT2D eigenvalue weighted by Gasteiger charge is 2.12. The Labute approximate surface area is 102 Å². The maximum absolute atomic E-state index is 11.5. The van der Waals surface area contributed by atoms with Gasteiger partial charge in [-0.25, -0.2) is 0 Å². The van der Waals surface area contributed by atoms with Gasteiger partial charge in [0.2, 0.25) is 0 Å². The molecule has 0 fully saturated rings. The molecule has 0 N–H and O–H groups in total. The van der Waals surface area contributed by atoms with Gasteiger partial charge < -0.3 is 4.74 Å². The third-order valence-electron chi connectivity index (χ3n) is 2.69. The lowest BCUT2D eigenvalue weighted by molar-refractivity contribution is -0.142. The van der Waals surface area contributed by atoms with E-state index in [1.54, 1.807) is 6.92 Å². The van der Waals surface area contributed by atoms with Crippen LogP contribution >= 0.6 is 0 Å². The summed E-state index contributed by atoms with van der Waals surface area (Å²) in [4.78, 5) is 11.5. The lowest BCUT2D eigenvalue weighted by Gasteiger charge is -2.10. The smallest absolute Gasteiger partial charge is 0.310 e. The number of benzene rings is 1. The van der Waals surface area contributed by atoms with Crippen LogP contribution in [0.15, 0.2) is 12.1 Å². The average molecular weight is 231 g/mol. The highest BCUT2D eigenvalue weighted by atomic mass is 16.5. The predicted octanol–water partition coefficient (Wildman–Crippen LogP) is 2.53. The number of hydrogen-bond acceptors (Lipinski definition) is 3. The molecule has 0 bridgehead atoms. The minimum atomic E-state index is -0.281. The summed E-state index contributed by atoms with van der Waals surface area (Å²) in [6.07, 6.45) is 1.06. The lowest BCUT2D eigenvalue weighted by atomic mass is 9.96. The van der Waals surface area contributed by atoms with Crippen LogP contribution < -0.4 is 0 Å². The van der Waals surface area contributed by atoms with Gasteiger partial charge >= 0.3 is 5.97 Å². The minimum absolute atomic E-state index is 0.173. The summed E-state index contributed by atoms with van der Waals surface area (Å²) >= 11 is 0. The first-order valence-electron chi connectivity index (χ1n) is 5.80. The van der Waals surface area contributed by atoms with E-state index in [0.29, 0.717) is 12.2 Å². The number of carbonyl (C=O) groups is 1. The quantitative estimate of drug-likeness (QED) is 0.748. The largest absolute Gasteiger partial charge is 0.466 e. The zero-order chi connectivity index (χ0) is 12.8. The second kappa shape index (κ2) is 6.05. The van der Waals surface area contributed by atoms with Crippen LogP contribution in [0.1, 0.15) is 36.1 Å². The summed E-state index contributed by atoms with van der Waals surface area (Å²) in [6.45, 7) is 6.11. The molecule has 0 unspecified atom stereocenters. The lowest BCUT2D eigenvalue weighted by Crippen LogP contribution is -2.10. The van der Waals surface area contributed by atoms with Gasteiger partial charge in [-0.2, -0.15) is 5.26 Å². The maximum atomic E-state index is 11.5. The number of hydrogen-bond donors (Lipinski definition) is 0. The van der Waals surface area contributed by atoms with Crippen molar-refractivity contribution in [1.82, 2.24) is 0 Å². The summed E-state index contributed by atoms with van der Waals surface area (Å²) < 4.78 is 4.91. The van der Waals surface area contributed by atoms with Gasteiger partial charge in [-0.3, -0.25) is 4.79 Å². The van der Waals surface area contributed by atoms with Gasteiger partial charge in [0.15, 0.2) is 0 Å². The molecule has 0 aliphatic rings. The van der Waals surface area contributed by atoms with Gasteiger partial charge in [0.25, 0.3) is 0 Å². The van der Waals surface area contributed by atoms with E-state index in [2.05, 4.69) is 6.07 Å². The van der Waals surface area contributed by atoms with E-state index < -0.39 is 0 Å². The normalized spacial score (nSPS) is 9.76. The zero-order valence-corrected chi connectivity index (χ0v) is 10.5. The summed E-state index contributed by atoms with van der Waals surface area (Å²) in [5, 5.41) is 9.10. The van der Waals surface area contributed by atoms with Crippen LogP contribution in [0.5, 0.6) is 0 Å². The molecule has 0 aliphatic carbocycles. The van der Waals surface area contributed by atoms with Gasteiger partial charge in [-0.15, -0.1) is 0 Å². The summed E-state index contributed by atoms with van der Waals surface area (Å²) in [7, 11) is 0. The molecule has 90 valence electrons. The number of nitrogens with zero attached hydrogens (tertiary/aromatic N) is 1. The van der Waals surface area contributed by atoms with E-state index >= 15 is 0 Å². The third kappa shape index (κ3) is 3.32. The Morgan fingerprint density at radius 2 is 2.12 bits per heavy atom. The molecule has 0 saturated carbocycles. The standard InChI is InChI=1S/C14H17NO2/c1-4-11-6-10(3)13(12(7-11)9-15)8-14(16)17-5-2/h6-7H,4-5,8H2,1-3H3. The Kier molecular flexibility index (Phi) is 4.71. The first-order chi connectivity index (χ1) is 8.12. The Hall–Kier alpha value is -1.82. The van der Waals surface area contributed by atoms with E-state index in [4.69, 9.17) is 10.00 Å². The van der Waals surface area contributed by atoms with E-state index in [1.807, 2.05) is 26.0 Å². The van der Waals surface area contributed by atoms with Crippen LogP contribution in [0, 0.1) is 18.3 Å². The highest BCUT2D eigenvalue weighted by Crippen LogP contribution is 2.18. The monoisotopic (exact) mass is 231 g/mol. The van der Waals surface area contributed by atoms with Crippen molar-refractivity contribution in [3.8, 4) is 6.07 Å².